The minimum atomic E-state index is -0.463. The summed E-state index contributed by atoms with van der Waals surface area (Å²) >= 11 is 0. The maximum absolute atomic E-state index is 12.3. The van der Waals surface area contributed by atoms with Crippen molar-refractivity contribution in [2.45, 2.75) is 33.4 Å². The molecule has 0 aromatic heterocycles. The summed E-state index contributed by atoms with van der Waals surface area (Å²) in [4.78, 5) is 28.4. The quantitative estimate of drug-likeness (QED) is 0.728. The van der Waals surface area contributed by atoms with Gasteiger partial charge in [0.25, 0.3) is 0 Å². The van der Waals surface area contributed by atoms with Gasteiger partial charge in [0, 0.05) is 52.7 Å². The Bertz CT molecular complexity index is 568. The van der Waals surface area contributed by atoms with Crippen LogP contribution in [0.3, 0.4) is 0 Å². The van der Waals surface area contributed by atoms with E-state index in [4.69, 9.17) is 0 Å². The van der Waals surface area contributed by atoms with Crippen LogP contribution in [0, 0.1) is 5.92 Å². The topological polar surface area (TPSA) is 64.7 Å². The van der Waals surface area contributed by atoms with E-state index < -0.39 is 6.04 Å². The third kappa shape index (κ3) is 6.77. The van der Waals surface area contributed by atoms with Gasteiger partial charge in [-0.2, -0.15) is 0 Å². The molecule has 1 atom stereocenters. The first kappa shape index (κ1) is 20.4. The van der Waals surface area contributed by atoms with E-state index in [9.17, 15) is 9.59 Å². The second-order valence-corrected chi connectivity index (χ2v) is 7.32. The molecule has 2 N–H and O–H groups in total. The van der Waals surface area contributed by atoms with Crippen LogP contribution in [0.1, 0.15) is 26.3 Å². The predicted octanol–water partition coefficient (Wildman–Crippen LogP) is 1.08. The molecule has 0 spiro atoms. The van der Waals surface area contributed by atoms with Crippen molar-refractivity contribution in [3.63, 3.8) is 0 Å². The zero-order valence-corrected chi connectivity index (χ0v) is 16.2. The van der Waals surface area contributed by atoms with Crippen molar-refractivity contribution < 1.29 is 9.59 Å². The molecule has 26 heavy (non-hydrogen) atoms. The average Bonchev–Trinajstić information content (AvgIpc) is 2.61. The highest BCUT2D eigenvalue weighted by atomic mass is 16.2. The minimum Gasteiger partial charge on any atom is -0.353 e. The molecule has 0 aliphatic carbocycles. The zero-order chi connectivity index (χ0) is 18.9. The molecule has 144 valence electrons. The highest BCUT2D eigenvalue weighted by Gasteiger charge is 2.23. The smallest absolute Gasteiger partial charge is 0.242 e. The number of nitrogens with one attached hydrogen (secondary N) is 2. The Balaban J connectivity index is 1.66. The molecule has 1 aliphatic heterocycles. The summed E-state index contributed by atoms with van der Waals surface area (Å²) in [5, 5.41) is 5.68. The van der Waals surface area contributed by atoms with Crippen molar-refractivity contribution in [1.82, 2.24) is 20.4 Å². The van der Waals surface area contributed by atoms with Crippen molar-refractivity contribution in [2.24, 2.45) is 5.92 Å². The maximum Gasteiger partial charge on any atom is 0.242 e. The van der Waals surface area contributed by atoms with Crippen LogP contribution in [0.4, 0.5) is 0 Å². The van der Waals surface area contributed by atoms with E-state index in [2.05, 4.69) is 44.7 Å². The number of hydrogen-bond acceptors (Lipinski definition) is 4. The van der Waals surface area contributed by atoms with Gasteiger partial charge < -0.3 is 10.6 Å². The van der Waals surface area contributed by atoms with Crippen molar-refractivity contribution >= 4 is 11.8 Å². The van der Waals surface area contributed by atoms with E-state index in [1.54, 1.807) is 0 Å². The van der Waals surface area contributed by atoms with Gasteiger partial charge in [-0.1, -0.05) is 44.2 Å². The molecule has 1 aromatic carbocycles. The third-order valence-electron chi connectivity index (χ3n) is 4.75. The Morgan fingerprint density at radius 3 is 2.23 bits per heavy atom. The molecule has 1 unspecified atom stereocenters. The minimum absolute atomic E-state index is 0.0698. The number of hydrogen-bond donors (Lipinski definition) is 2. The lowest BCUT2D eigenvalue weighted by Crippen LogP contribution is -2.51. The van der Waals surface area contributed by atoms with E-state index in [0.717, 1.165) is 39.3 Å². The van der Waals surface area contributed by atoms with Gasteiger partial charge in [-0.05, 0) is 11.5 Å². The van der Waals surface area contributed by atoms with E-state index in [0.29, 0.717) is 6.54 Å². The van der Waals surface area contributed by atoms with Crippen LogP contribution < -0.4 is 10.6 Å². The second kappa shape index (κ2) is 10.3. The zero-order valence-electron chi connectivity index (χ0n) is 16.2. The molecule has 1 aliphatic rings. The van der Waals surface area contributed by atoms with Crippen LogP contribution in [0.25, 0.3) is 0 Å². The normalized spacial score (nSPS) is 17.1. The largest absolute Gasteiger partial charge is 0.353 e. The van der Waals surface area contributed by atoms with E-state index in [1.165, 1.54) is 12.5 Å². The lowest BCUT2D eigenvalue weighted by Gasteiger charge is -2.34. The van der Waals surface area contributed by atoms with Crippen LogP contribution >= 0.6 is 0 Å². The fraction of sp³-hybridized carbons (Fsp3) is 0.600. The van der Waals surface area contributed by atoms with E-state index in [1.807, 2.05) is 19.9 Å². The highest BCUT2D eigenvalue weighted by Crippen LogP contribution is 2.08. The number of piperazine rings is 1. The number of benzene rings is 1. The number of carbonyl (C=O) groups is 2. The fourth-order valence-electron chi connectivity index (χ4n) is 3.21. The third-order valence-corrected chi connectivity index (χ3v) is 4.75. The summed E-state index contributed by atoms with van der Waals surface area (Å²) < 4.78 is 0. The highest BCUT2D eigenvalue weighted by molar-refractivity contribution is 5.87. The first-order valence-corrected chi connectivity index (χ1v) is 9.49. The van der Waals surface area contributed by atoms with Crippen LogP contribution in [0.5, 0.6) is 0 Å². The average molecular weight is 361 g/mol. The van der Waals surface area contributed by atoms with Gasteiger partial charge in [0.1, 0.15) is 6.04 Å². The number of nitrogens with zero attached hydrogens (tertiary/aromatic N) is 2. The van der Waals surface area contributed by atoms with Crippen molar-refractivity contribution in [1.29, 1.82) is 0 Å². The molecular formula is C20H32N4O2. The Kier molecular flexibility index (Phi) is 8.06. The van der Waals surface area contributed by atoms with E-state index in [-0.39, 0.29) is 17.7 Å². The summed E-state index contributed by atoms with van der Waals surface area (Å²) in [6.45, 7) is 11.9. The first-order chi connectivity index (χ1) is 12.5. The molecule has 2 rings (SSSR count). The lowest BCUT2D eigenvalue weighted by molar-refractivity contribution is -0.129. The van der Waals surface area contributed by atoms with Gasteiger partial charge in [0.2, 0.25) is 11.8 Å². The monoisotopic (exact) mass is 360 g/mol. The number of carbonyl (C=O) groups excluding carboxylic acids is 2. The van der Waals surface area contributed by atoms with E-state index >= 15 is 0 Å². The molecular weight excluding hydrogens is 328 g/mol. The predicted molar refractivity (Wildman–Crippen MR) is 104 cm³/mol. The molecule has 1 aromatic rings. The summed E-state index contributed by atoms with van der Waals surface area (Å²) in [7, 11) is 0. The second-order valence-electron chi connectivity index (χ2n) is 7.32. The number of rotatable bonds is 8. The molecule has 6 heteroatoms. The maximum atomic E-state index is 12.3. The first-order valence-electron chi connectivity index (χ1n) is 9.49. The summed E-state index contributed by atoms with van der Waals surface area (Å²) in [6.07, 6.45) is 0. The summed E-state index contributed by atoms with van der Waals surface area (Å²) in [5.41, 5.74) is 1.35. The molecule has 1 fully saturated rings. The fourth-order valence-corrected chi connectivity index (χ4v) is 3.21. The van der Waals surface area contributed by atoms with Crippen LogP contribution in [0.15, 0.2) is 30.3 Å². The molecule has 0 bridgehead atoms. The van der Waals surface area contributed by atoms with Gasteiger partial charge in [-0.15, -0.1) is 0 Å². The van der Waals surface area contributed by atoms with Gasteiger partial charge in [-0.3, -0.25) is 19.4 Å². The molecule has 0 saturated carbocycles. The van der Waals surface area contributed by atoms with Gasteiger partial charge in [0.15, 0.2) is 0 Å². The molecule has 1 heterocycles. The molecule has 6 nitrogen and oxygen atoms in total. The van der Waals surface area contributed by atoms with Crippen molar-refractivity contribution in [2.75, 3.05) is 39.3 Å². The number of amides is 2. The SMILES string of the molecule is CC(=O)NC(C(=O)NCCN1CCN(Cc2ccccc2)CC1)C(C)C. The Labute approximate surface area is 156 Å². The van der Waals surface area contributed by atoms with Crippen molar-refractivity contribution in [3.05, 3.63) is 35.9 Å². The van der Waals surface area contributed by atoms with Gasteiger partial charge in [0.05, 0.1) is 0 Å². The lowest BCUT2D eigenvalue weighted by atomic mass is 10.0. The molecule has 2 amide bonds. The Hall–Kier alpha value is -1.92. The van der Waals surface area contributed by atoms with Crippen LogP contribution in [0.2, 0.25) is 0 Å². The summed E-state index contributed by atoms with van der Waals surface area (Å²) in [6, 6.07) is 10.1. The molecule has 1 saturated heterocycles. The van der Waals surface area contributed by atoms with Crippen LogP contribution in [-0.2, 0) is 16.1 Å². The Morgan fingerprint density at radius 1 is 1.04 bits per heavy atom. The van der Waals surface area contributed by atoms with Gasteiger partial charge >= 0.3 is 0 Å². The van der Waals surface area contributed by atoms with Crippen molar-refractivity contribution in [3.8, 4) is 0 Å². The Morgan fingerprint density at radius 2 is 1.65 bits per heavy atom. The van der Waals surface area contributed by atoms with Gasteiger partial charge in [-0.25, -0.2) is 0 Å². The molecule has 0 radical (unpaired) electrons. The summed E-state index contributed by atoms with van der Waals surface area (Å²) in [5.74, 6) is -0.202. The van der Waals surface area contributed by atoms with Crippen LogP contribution in [-0.4, -0.2) is 66.9 Å². The standard InChI is InChI=1S/C20H32N4O2/c1-16(2)19(22-17(3)25)20(26)21-9-10-23-11-13-24(14-12-23)15-18-7-5-4-6-8-18/h4-8,16,19H,9-15H2,1-3H3,(H,21,26)(H,22,25).